The molecule has 0 spiro atoms. The Kier molecular flexibility index (Phi) is 4.20. The summed E-state index contributed by atoms with van der Waals surface area (Å²) in [6.45, 7) is 7.80. The van der Waals surface area contributed by atoms with Crippen molar-refractivity contribution in [2.75, 3.05) is 26.7 Å². The Balaban J connectivity index is 2.17. The average molecular weight is 253 g/mol. The van der Waals surface area contributed by atoms with Crippen molar-refractivity contribution in [3.05, 3.63) is 22.4 Å². The van der Waals surface area contributed by atoms with Crippen molar-refractivity contribution in [1.29, 1.82) is 0 Å². The third kappa shape index (κ3) is 2.88. The first-order chi connectivity index (χ1) is 8.09. The van der Waals surface area contributed by atoms with Gasteiger partial charge in [0.15, 0.2) is 0 Å². The molecule has 4 heteroatoms. The highest BCUT2D eigenvalue weighted by Gasteiger charge is 2.31. The lowest BCUT2D eigenvalue weighted by molar-refractivity contribution is 0.0523. The molecule has 3 atom stereocenters. The second-order valence-electron chi connectivity index (χ2n) is 5.21. The van der Waals surface area contributed by atoms with E-state index >= 15 is 0 Å². The number of piperazine rings is 1. The van der Waals surface area contributed by atoms with Crippen LogP contribution in [0.5, 0.6) is 0 Å². The number of nitrogens with two attached hydrogens (primary N) is 1. The molecule has 0 saturated carbocycles. The number of thiophene rings is 1. The monoisotopic (exact) mass is 253 g/mol. The predicted molar refractivity (Wildman–Crippen MR) is 74.4 cm³/mol. The summed E-state index contributed by atoms with van der Waals surface area (Å²) < 4.78 is 0. The van der Waals surface area contributed by atoms with Crippen LogP contribution in [0.15, 0.2) is 16.8 Å². The normalized spacial score (nSPS) is 26.9. The molecule has 2 N–H and O–H groups in total. The molecule has 1 aromatic rings. The van der Waals surface area contributed by atoms with Gasteiger partial charge in [0.05, 0.1) is 6.04 Å². The molecular formula is C13H23N3S. The van der Waals surface area contributed by atoms with Crippen LogP contribution in [-0.4, -0.2) is 48.6 Å². The van der Waals surface area contributed by atoms with E-state index in [1.165, 1.54) is 5.56 Å². The third-order valence-corrected chi connectivity index (χ3v) is 4.32. The van der Waals surface area contributed by atoms with E-state index in [1.54, 1.807) is 11.3 Å². The molecule has 0 radical (unpaired) electrons. The van der Waals surface area contributed by atoms with Crippen molar-refractivity contribution < 1.29 is 0 Å². The van der Waals surface area contributed by atoms with Crippen LogP contribution in [0.2, 0.25) is 0 Å². The van der Waals surface area contributed by atoms with Gasteiger partial charge in [0.2, 0.25) is 0 Å². The van der Waals surface area contributed by atoms with E-state index in [-0.39, 0.29) is 6.04 Å². The fourth-order valence-corrected chi connectivity index (χ4v) is 3.50. The van der Waals surface area contributed by atoms with Crippen LogP contribution >= 0.6 is 11.3 Å². The van der Waals surface area contributed by atoms with Gasteiger partial charge in [0, 0.05) is 31.7 Å². The first kappa shape index (κ1) is 13.0. The average Bonchev–Trinajstić information content (AvgIpc) is 2.74. The molecule has 2 heterocycles. The van der Waals surface area contributed by atoms with Gasteiger partial charge in [0.1, 0.15) is 0 Å². The van der Waals surface area contributed by atoms with Crippen LogP contribution in [-0.2, 0) is 0 Å². The topological polar surface area (TPSA) is 32.5 Å². The summed E-state index contributed by atoms with van der Waals surface area (Å²) in [6.07, 6.45) is 0. The summed E-state index contributed by atoms with van der Waals surface area (Å²) >= 11 is 1.76. The third-order valence-electron chi connectivity index (χ3n) is 3.62. The highest BCUT2D eigenvalue weighted by Crippen LogP contribution is 2.28. The maximum Gasteiger partial charge on any atom is 0.0508 e. The van der Waals surface area contributed by atoms with Gasteiger partial charge in [0.25, 0.3) is 0 Å². The van der Waals surface area contributed by atoms with Crippen LogP contribution in [0.4, 0.5) is 0 Å². The zero-order valence-electron chi connectivity index (χ0n) is 11.0. The summed E-state index contributed by atoms with van der Waals surface area (Å²) in [5.41, 5.74) is 7.58. The summed E-state index contributed by atoms with van der Waals surface area (Å²) in [5.74, 6) is 0. The number of hydrogen-bond acceptors (Lipinski definition) is 4. The van der Waals surface area contributed by atoms with Gasteiger partial charge in [-0.15, -0.1) is 0 Å². The number of nitrogens with zero attached hydrogens (tertiary/aromatic N) is 2. The first-order valence-electron chi connectivity index (χ1n) is 6.31. The van der Waals surface area contributed by atoms with E-state index in [4.69, 9.17) is 5.73 Å². The molecule has 0 amide bonds. The minimum Gasteiger partial charge on any atom is -0.326 e. The number of likely N-dealkylation sites (N-methyl/N-ethyl adjacent to an activating group) is 1. The molecule has 1 aliphatic heterocycles. The van der Waals surface area contributed by atoms with E-state index in [9.17, 15) is 0 Å². The molecule has 1 aliphatic rings. The van der Waals surface area contributed by atoms with Crippen LogP contribution in [0.3, 0.4) is 0 Å². The molecule has 0 bridgehead atoms. The molecule has 96 valence electrons. The van der Waals surface area contributed by atoms with Crippen LogP contribution in [0, 0.1) is 0 Å². The molecular weight excluding hydrogens is 230 g/mol. The minimum atomic E-state index is 0.176. The van der Waals surface area contributed by atoms with Crippen molar-refractivity contribution in [2.24, 2.45) is 5.73 Å². The van der Waals surface area contributed by atoms with Crippen molar-refractivity contribution in [3.8, 4) is 0 Å². The molecule has 1 saturated heterocycles. The van der Waals surface area contributed by atoms with Crippen molar-refractivity contribution >= 4 is 11.3 Å². The zero-order chi connectivity index (χ0) is 12.4. The Hall–Kier alpha value is -0.420. The van der Waals surface area contributed by atoms with Crippen LogP contribution in [0.25, 0.3) is 0 Å². The fourth-order valence-electron chi connectivity index (χ4n) is 2.81. The maximum atomic E-state index is 6.20. The largest absolute Gasteiger partial charge is 0.326 e. The second kappa shape index (κ2) is 5.48. The molecule has 0 aliphatic carbocycles. The Morgan fingerprint density at radius 3 is 2.76 bits per heavy atom. The zero-order valence-corrected chi connectivity index (χ0v) is 11.8. The standard InChI is InChI=1S/C13H23N3S/c1-10-8-15(3)5-6-16(10)13(11(2)14)12-4-7-17-9-12/h4,7,9-11,13H,5-6,8,14H2,1-3H3. The first-order valence-corrected chi connectivity index (χ1v) is 7.26. The van der Waals surface area contributed by atoms with Crippen molar-refractivity contribution in [3.63, 3.8) is 0 Å². The minimum absolute atomic E-state index is 0.176. The lowest BCUT2D eigenvalue weighted by Crippen LogP contribution is -2.54. The SMILES string of the molecule is CC(N)C(c1ccsc1)N1CCN(C)CC1C. The number of hydrogen-bond donors (Lipinski definition) is 1. The van der Waals surface area contributed by atoms with Crippen molar-refractivity contribution in [2.45, 2.75) is 32.0 Å². The van der Waals surface area contributed by atoms with E-state index < -0.39 is 0 Å². The lowest BCUT2D eigenvalue weighted by Gasteiger charge is -2.44. The fraction of sp³-hybridized carbons (Fsp3) is 0.692. The van der Waals surface area contributed by atoms with Gasteiger partial charge in [-0.05, 0) is 43.3 Å². The van der Waals surface area contributed by atoms with E-state index in [2.05, 4.69) is 47.5 Å². The highest BCUT2D eigenvalue weighted by atomic mass is 32.1. The lowest BCUT2D eigenvalue weighted by atomic mass is 9.99. The molecule has 0 aromatic carbocycles. The Morgan fingerprint density at radius 2 is 2.24 bits per heavy atom. The Morgan fingerprint density at radius 1 is 1.47 bits per heavy atom. The van der Waals surface area contributed by atoms with E-state index in [0.29, 0.717) is 12.1 Å². The molecule has 17 heavy (non-hydrogen) atoms. The summed E-state index contributed by atoms with van der Waals surface area (Å²) in [7, 11) is 2.19. The summed E-state index contributed by atoms with van der Waals surface area (Å²) in [5, 5.41) is 4.38. The van der Waals surface area contributed by atoms with Gasteiger partial charge < -0.3 is 10.6 Å². The predicted octanol–water partition coefficient (Wildman–Crippen LogP) is 1.77. The highest BCUT2D eigenvalue weighted by molar-refractivity contribution is 7.07. The van der Waals surface area contributed by atoms with Gasteiger partial charge in [-0.1, -0.05) is 0 Å². The molecule has 1 aromatic heterocycles. The van der Waals surface area contributed by atoms with Gasteiger partial charge in [-0.2, -0.15) is 11.3 Å². The van der Waals surface area contributed by atoms with Crippen LogP contribution in [0.1, 0.15) is 25.5 Å². The maximum absolute atomic E-state index is 6.20. The van der Waals surface area contributed by atoms with Gasteiger partial charge in [-0.25, -0.2) is 0 Å². The van der Waals surface area contributed by atoms with Crippen molar-refractivity contribution in [1.82, 2.24) is 9.80 Å². The molecule has 3 nitrogen and oxygen atoms in total. The Labute approximate surface area is 108 Å². The molecule has 1 fully saturated rings. The summed E-state index contributed by atoms with van der Waals surface area (Å²) in [6, 6.07) is 3.33. The smallest absolute Gasteiger partial charge is 0.0508 e. The van der Waals surface area contributed by atoms with Crippen LogP contribution < -0.4 is 5.73 Å². The van der Waals surface area contributed by atoms with Gasteiger partial charge in [-0.3, -0.25) is 4.90 Å². The second-order valence-corrected chi connectivity index (χ2v) is 5.99. The molecule has 3 unspecified atom stereocenters. The van der Waals surface area contributed by atoms with E-state index in [1.807, 2.05) is 0 Å². The van der Waals surface area contributed by atoms with Gasteiger partial charge >= 0.3 is 0 Å². The Bertz CT molecular complexity index is 336. The quantitative estimate of drug-likeness (QED) is 0.891. The summed E-state index contributed by atoms with van der Waals surface area (Å²) in [4.78, 5) is 4.96. The number of rotatable bonds is 3. The van der Waals surface area contributed by atoms with E-state index in [0.717, 1.165) is 19.6 Å². The molecule has 2 rings (SSSR count).